The fraction of sp³-hybridized carbons (Fsp3) is 0.273. The van der Waals surface area contributed by atoms with Crippen LogP contribution < -0.4 is 15.5 Å². The molecule has 3 amide bonds. The van der Waals surface area contributed by atoms with E-state index in [0.717, 1.165) is 30.0 Å². The first-order valence-corrected chi connectivity index (χ1v) is 9.41. The molecule has 1 aliphatic heterocycles. The lowest BCUT2D eigenvalue weighted by atomic mass is 9.96. The van der Waals surface area contributed by atoms with Crippen molar-refractivity contribution < 1.29 is 14.5 Å². The molecular formula is C22H26N3O2+. The van der Waals surface area contributed by atoms with E-state index in [1.165, 1.54) is 11.1 Å². The summed E-state index contributed by atoms with van der Waals surface area (Å²) in [6.07, 6.45) is 3.11. The van der Waals surface area contributed by atoms with Gasteiger partial charge in [-0.15, -0.1) is 0 Å². The van der Waals surface area contributed by atoms with Gasteiger partial charge in [-0.1, -0.05) is 60.7 Å². The molecule has 0 bridgehead atoms. The molecule has 5 nitrogen and oxygen atoms in total. The van der Waals surface area contributed by atoms with E-state index in [2.05, 4.69) is 28.8 Å². The first-order valence-electron chi connectivity index (χ1n) is 9.41. The topological polar surface area (TPSA) is 62.6 Å². The van der Waals surface area contributed by atoms with Crippen LogP contribution in [-0.2, 0) is 4.79 Å². The van der Waals surface area contributed by atoms with E-state index >= 15 is 0 Å². The van der Waals surface area contributed by atoms with Crippen molar-refractivity contribution >= 4 is 17.5 Å². The molecule has 2 aromatic carbocycles. The van der Waals surface area contributed by atoms with E-state index in [9.17, 15) is 9.59 Å². The summed E-state index contributed by atoms with van der Waals surface area (Å²) in [4.78, 5) is 25.9. The van der Waals surface area contributed by atoms with Crippen molar-refractivity contribution in [3.8, 4) is 0 Å². The minimum Gasteiger partial charge on any atom is -0.338 e. The first kappa shape index (κ1) is 18.9. The summed E-state index contributed by atoms with van der Waals surface area (Å²) in [6.45, 7) is 3.88. The molecule has 0 aromatic heterocycles. The summed E-state index contributed by atoms with van der Waals surface area (Å²) in [6, 6.07) is 19.2. The van der Waals surface area contributed by atoms with Crippen LogP contribution >= 0.6 is 0 Å². The van der Waals surface area contributed by atoms with Crippen LogP contribution in [0.4, 0.5) is 4.79 Å². The lowest BCUT2D eigenvalue weighted by Crippen LogP contribution is -3.13. The number of amides is 3. The first-order chi connectivity index (χ1) is 13.2. The summed E-state index contributed by atoms with van der Waals surface area (Å²) in [7, 11) is 0. The Labute approximate surface area is 160 Å². The zero-order valence-electron chi connectivity index (χ0n) is 15.6. The third kappa shape index (κ3) is 4.83. The molecule has 0 aliphatic carbocycles. The van der Waals surface area contributed by atoms with Gasteiger partial charge in [0.05, 0.1) is 13.1 Å². The largest absolute Gasteiger partial charge is 0.338 e. The molecule has 2 atom stereocenters. The molecule has 2 aromatic rings. The molecule has 5 heteroatoms. The lowest BCUT2D eigenvalue weighted by Gasteiger charge is -2.30. The van der Waals surface area contributed by atoms with Gasteiger partial charge in [0.2, 0.25) is 0 Å². The molecule has 3 N–H and O–H groups in total. The van der Waals surface area contributed by atoms with Gasteiger partial charge >= 0.3 is 6.03 Å². The number of carbonyl (C=O) groups is 2. The van der Waals surface area contributed by atoms with Crippen molar-refractivity contribution in [2.75, 3.05) is 19.6 Å². The summed E-state index contributed by atoms with van der Waals surface area (Å²) in [5.74, 6) is -0.265. The van der Waals surface area contributed by atoms with Crippen molar-refractivity contribution in [2.45, 2.75) is 19.4 Å². The predicted molar refractivity (Wildman–Crippen MR) is 106 cm³/mol. The van der Waals surface area contributed by atoms with Gasteiger partial charge in [-0.2, -0.15) is 0 Å². The lowest BCUT2D eigenvalue weighted by molar-refractivity contribution is -0.917. The van der Waals surface area contributed by atoms with Gasteiger partial charge in [-0.25, -0.2) is 4.79 Å². The fourth-order valence-corrected chi connectivity index (χ4v) is 3.54. The van der Waals surface area contributed by atoms with Crippen LogP contribution in [-0.4, -0.2) is 31.6 Å². The normalized spacial score (nSPS) is 17.5. The van der Waals surface area contributed by atoms with Crippen molar-refractivity contribution in [1.29, 1.82) is 0 Å². The molecule has 1 unspecified atom stereocenters. The minimum absolute atomic E-state index is 0.265. The number of urea groups is 1. The highest BCUT2D eigenvalue weighted by Crippen LogP contribution is 2.19. The van der Waals surface area contributed by atoms with Crippen molar-refractivity contribution in [1.82, 2.24) is 10.6 Å². The van der Waals surface area contributed by atoms with Gasteiger partial charge in [-0.3, -0.25) is 10.1 Å². The van der Waals surface area contributed by atoms with Gasteiger partial charge in [0.1, 0.15) is 0 Å². The number of hydrogen-bond acceptors (Lipinski definition) is 2. The zero-order valence-corrected chi connectivity index (χ0v) is 15.6. The maximum absolute atomic E-state index is 12.9. The standard InChI is InChI=1S/C22H25N3O2/c1-2-23-22(27)24-21(26)20(19-11-7-4-8-12-19)25-15-13-18(14-16-25)17-9-5-3-6-10-17/h3-13,20H,2,14-16H2,1H3,(H2,23,24,26,27)/p+1/t20-/m0/s1. The third-order valence-corrected chi connectivity index (χ3v) is 4.85. The van der Waals surface area contributed by atoms with Gasteiger partial charge in [-0.05, 0) is 24.1 Å². The summed E-state index contributed by atoms with van der Waals surface area (Å²) in [5, 5.41) is 5.11. The second-order valence-corrected chi connectivity index (χ2v) is 6.65. The summed E-state index contributed by atoms with van der Waals surface area (Å²) in [5.41, 5.74) is 3.47. The van der Waals surface area contributed by atoms with Crippen molar-refractivity contribution in [2.24, 2.45) is 0 Å². The molecule has 140 valence electrons. The maximum Gasteiger partial charge on any atom is 0.321 e. The molecule has 1 heterocycles. The molecule has 3 rings (SSSR count). The number of quaternary nitrogens is 1. The van der Waals surface area contributed by atoms with Crippen LogP contribution in [0.5, 0.6) is 0 Å². The Morgan fingerprint density at radius 2 is 1.70 bits per heavy atom. The molecule has 27 heavy (non-hydrogen) atoms. The number of imide groups is 1. The molecule has 0 saturated carbocycles. The van der Waals surface area contributed by atoms with E-state index in [1.54, 1.807) is 0 Å². The second-order valence-electron chi connectivity index (χ2n) is 6.65. The Kier molecular flexibility index (Phi) is 6.39. The minimum atomic E-state index is -0.444. The monoisotopic (exact) mass is 364 g/mol. The molecule has 1 aliphatic rings. The average Bonchev–Trinajstić information content (AvgIpc) is 2.70. The van der Waals surface area contributed by atoms with Crippen LogP contribution in [0.15, 0.2) is 66.7 Å². The Morgan fingerprint density at radius 3 is 2.30 bits per heavy atom. The molecule has 0 spiro atoms. The predicted octanol–water partition coefficient (Wildman–Crippen LogP) is 1.95. The average molecular weight is 364 g/mol. The quantitative estimate of drug-likeness (QED) is 0.759. The van der Waals surface area contributed by atoms with Crippen LogP contribution in [0.25, 0.3) is 5.57 Å². The number of nitrogens with one attached hydrogen (secondary N) is 3. The third-order valence-electron chi connectivity index (χ3n) is 4.85. The van der Waals surface area contributed by atoms with Crippen LogP contribution in [0.2, 0.25) is 0 Å². The summed E-state index contributed by atoms with van der Waals surface area (Å²) < 4.78 is 0. The highest BCUT2D eigenvalue weighted by molar-refractivity contribution is 5.96. The number of hydrogen-bond donors (Lipinski definition) is 3. The van der Waals surface area contributed by atoms with E-state index in [-0.39, 0.29) is 5.91 Å². The van der Waals surface area contributed by atoms with Gasteiger partial charge < -0.3 is 10.2 Å². The smallest absolute Gasteiger partial charge is 0.321 e. The van der Waals surface area contributed by atoms with Crippen LogP contribution in [0.1, 0.15) is 30.5 Å². The summed E-state index contributed by atoms with van der Waals surface area (Å²) >= 11 is 0. The zero-order chi connectivity index (χ0) is 19.1. The van der Waals surface area contributed by atoms with Crippen LogP contribution in [0, 0.1) is 0 Å². The van der Waals surface area contributed by atoms with Crippen molar-refractivity contribution in [3.63, 3.8) is 0 Å². The molecule has 0 fully saturated rings. The van der Waals surface area contributed by atoms with Gasteiger partial charge in [0.25, 0.3) is 5.91 Å². The van der Waals surface area contributed by atoms with Crippen LogP contribution in [0.3, 0.4) is 0 Å². The SMILES string of the molecule is CCNC(=O)NC(=O)[C@H](c1ccccc1)[NH+]1CC=C(c2ccccc2)CC1. The van der Waals surface area contributed by atoms with E-state index in [0.29, 0.717) is 6.54 Å². The van der Waals surface area contributed by atoms with Gasteiger partial charge in [0, 0.05) is 18.5 Å². The fourth-order valence-electron chi connectivity index (χ4n) is 3.54. The van der Waals surface area contributed by atoms with Gasteiger partial charge in [0.15, 0.2) is 6.04 Å². The Morgan fingerprint density at radius 1 is 1.04 bits per heavy atom. The highest BCUT2D eigenvalue weighted by atomic mass is 16.2. The number of benzene rings is 2. The highest BCUT2D eigenvalue weighted by Gasteiger charge is 2.33. The molecule has 0 saturated heterocycles. The maximum atomic E-state index is 12.9. The molecule has 0 radical (unpaired) electrons. The molecular weight excluding hydrogens is 338 g/mol. The Balaban J connectivity index is 1.79. The Bertz CT molecular complexity index is 803. The van der Waals surface area contributed by atoms with E-state index in [1.807, 2.05) is 55.5 Å². The Hall–Kier alpha value is -2.92. The van der Waals surface area contributed by atoms with E-state index in [4.69, 9.17) is 0 Å². The second kappa shape index (κ2) is 9.14. The number of carbonyl (C=O) groups excluding carboxylic acids is 2. The van der Waals surface area contributed by atoms with Crippen molar-refractivity contribution in [3.05, 3.63) is 77.9 Å². The number of rotatable bonds is 5. The van der Waals surface area contributed by atoms with E-state index < -0.39 is 12.1 Å².